The zero-order valence-corrected chi connectivity index (χ0v) is 11.8. The zero-order chi connectivity index (χ0) is 12.3. The van der Waals surface area contributed by atoms with E-state index in [1.54, 1.807) is 11.0 Å². The van der Waals surface area contributed by atoms with Gasteiger partial charge in [-0.2, -0.15) is 5.10 Å². The lowest BCUT2D eigenvalue weighted by Gasteiger charge is -2.15. The smallest absolute Gasteiger partial charge is 0.138 e. The van der Waals surface area contributed by atoms with Gasteiger partial charge in [0.15, 0.2) is 0 Å². The third-order valence-corrected chi connectivity index (χ3v) is 3.86. The van der Waals surface area contributed by atoms with Crippen LogP contribution in [-0.4, -0.2) is 20.6 Å². The van der Waals surface area contributed by atoms with Crippen molar-refractivity contribution in [3.63, 3.8) is 0 Å². The van der Waals surface area contributed by atoms with Gasteiger partial charge in [0.1, 0.15) is 12.2 Å². The van der Waals surface area contributed by atoms with Crippen LogP contribution in [0.15, 0.2) is 35.1 Å². The topological polar surface area (TPSA) is 30.7 Å². The van der Waals surface area contributed by atoms with Gasteiger partial charge in [0, 0.05) is 29.7 Å². The number of halogens is 2. The second-order valence-corrected chi connectivity index (χ2v) is 5.04. The quantitative estimate of drug-likeness (QED) is 0.812. The van der Waals surface area contributed by atoms with Gasteiger partial charge in [0.25, 0.3) is 0 Å². The van der Waals surface area contributed by atoms with E-state index in [0.29, 0.717) is 5.88 Å². The van der Waals surface area contributed by atoms with Gasteiger partial charge in [-0.05, 0) is 11.6 Å². The van der Waals surface area contributed by atoms with Crippen LogP contribution in [0.1, 0.15) is 17.3 Å². The summed E-state index contributed by atoms with van der Waals surface area (Å²) in [6.07, 6.45) is 2.36. The first-order valence-electron chi connectivity index (χ1n) is 5.35. The van der Waals surface area contributed by atoms with Gasteiger partial charge in [0.2, 0.25) is 0 Å². The van der Waals surface area contributed by atoms with E-state index in [0.717, 1.165) is 16.7 Å². The van der Waals surface area contributed by atoms with Crippen LogP contribution in [0.4, 0.5) is 0 Å². The molecule has 0 bridgehead atoms. The van der Waals surface area contributed by atoms with Crippen molar-refractivity contribution < 1.29 is 0 Å². The summed E-state index contributed by atoms with van der Waals surface area (Å²) >= 11 is 9.62. The molecule has 1 atom stereocenters. The second kappa shape index (κ2) is 5.65. The van der Waals surface area contributed by atoms with Gasteiger partial charge < -0.3 is 0 Å². The van der Waals surface area contributed by atoms with Crippen molar-refractivity contribution in [2.45, 2.75) is 12.3 Å². The summed E-state index contributed by atoms with van der Waals surface area (Å²) in [5.41, 5.74) is 1.21. The largest absolute Gasteiger partial charge is 0.253 e. The van der Waals surface area contributed by atoms with Crippen LogP contribution in [0.2, 0.25) is 0 Å². The number of alkyl halides is 1. The lowest BCUT2D eigenvalue weighted by atomic mass is 9.97. The Labute approximate surface area is 114 Å². The van der Waals surface area contributed by atoms with Crippen LogP contribution in [0.5, 0.6) is 0 Å². The van der Waals surface area contributed by atoms with E-state index in [1.165, 1.54) is 5.56 Å². The van der Waals surface area contributed by atoms with E-state index in [4.69, 9.17) is 11.6 Å². The Kier molecular flexibility index (Phi) is 4.18. The summed E-state index contributed by atoms with van der Waals surface area (Å²) in [5.74, 6) is 1.76. The molecule has 90 valence electrons. The van der Waals surface area contributed by atoms with E-state index in [9.17, 15) is 0 Å². The van der Waals surface area contributed by atoms with Gasteiger partial charge in [-0.25, -0.2) is 4.98 Å². The number of aromatic nitrogens is 3. The minimum atomic E-state index is 0.246. The highest BCUT2D eigenvalue weighted by atomic mass is 79.9. The minimum Gasteiger partial charge on any atom is -0.253 e. The Balaban J connectivity index is 2.23. The zero-order valence-electron chi connectivity index (χ0n) is 9.48. The number of aryl methyl sites for hydroxylation is 1. The van der Waals surface area contributed by atoms with E-state index in [-0.39, 0.29) is 5.92 Å². The molecule has 17 heavy (non-hydrogen) atoms. The van der Waals surface area contributed by atoms with E-state index in [2.05, 4.69) is 32.1 Å². The normalized spacial score (nSPS) is 12.6. The fourth-order valence-electron chi connectivity index (χ4n) is 1.78. The fraction of sp³-hybridized carbons (Fsp3) is 0.333. The molecule has 2 aromatic rings. The monoisotopic (exact) mass is 313 g/mol. The van der Waals surface area contributed by atoms with Crippen LogP contribution in [0.3, 0.4) is 0 Å². The Hall–Kier alpha value is -0.870. The first-order chi connectivity index (χ1) is 8.22. The Morgan fingerprint density at radius 3 is 2.76 bits per heavy atom. The third kappa shape index (κ3) is 2.87. The predicted octanol–water partition coefficient (Wildman–Crippen LogP) is 3.14. The molecule has 1 heterocycles. The average molecular weight is 315 g/mol. The summed E-state index contributed by atoms with van der Waals surface area (Å²) in [4.78, 5) is 4.24. The van der Waals surface area contributed by atoms with E-state index < -0.39 is 0 Å². The molecule has 0 N–H and O–H groups in total. The van der Waals surface area contributed by atoms with E-state index >= 15 is 0 Å². The molecule has 1 aromatic carbocycles. The average Bonchev–Trinajstić information content (AvgIpc) is 2.73. The minimum absolute atomic E-state index is 0.246. The van der Waals surface area contributed by atoms with Crippen LogP contribution in [-0.2, 0) is 13.5 Å². The summed E-state index contributed by atoms with van der Waals surface area (Å²) in [6.45, 7) is 0. The second-order valence-electron chi connectivity index (χ2n) is 3.88. The maximum atomic E-state index is 6.07. The van der Waals surface area contributed by atoms with Gasteiger partial charge in [-0.15, -0.1) is 11.6 Å². The number of benzene rings is 1. The molecule has 0 fully saturated rings. The van der Waals surface area contributed by atoms with Gasteiger partial charge >= 0.3 is 0 Å². The standard InChI is InChI=1S/C12H13BrClN3/c1-17-12(15-8-16-17)6-9(7-14)10-4-2-3-5-11(10)13/h2-5,8-9H,6-7H2,1H3. The van der Waals surface area contributed by atoms with Crippen molar-refractivity contribution in [2.75, 3.05) is 5.88 Å². The molecular weight excluding hydrogens is 302 g/mol. The van der Waals surface area contributed by atoms with Gasteiger partial charge in [-0.3, -0.25) is 4.68 Å². The predicted molar refractivity (Wildman–Crippen MR) is 72.3 cm³/mol. The van der Waals surface area contributed by atoms with Crippen LogP contribution in [0.25, 0.3) is 0 Å². The van der Waals surface area contributed by atoms with Crippen molar-refractivity contribution in [2.24, 2.45) is 7.05 Å². The Morgan fingerprint density at radius 2 is 2.18 bits per heavy atom. The van der Waals surface area contributed by atoms with Gasteiger partial charge in [0.05, 0.1) is 0 Å². The van der Waals surface area contributed by atoms with Crippen molar-refractivity contribution in [1.29, 1.82) is 0 Å². The van der Waals surface area contributed by atoms with Gasteiger partial charge in [-0.1, -0.05) is 34.1 Å². The molecule has 5 heteroatoms. The highest BCUT2D eigenvalue weighted by molar-refractivity contribution is 9.10. The molecule has 1 aromatic heterocycles. The summed E-state index contributed by atoms with van der Waals surface area (Å²) in [7, 11) is 1.90. The highest BCUT2D eigenvalue weighted by Crippen LogP contribution is 2.28. The summed E-state index contributed by atoms with van der Waals surface area (Å²) in [6, 6.07) is 8.15. The molecule has 3 nitrogen and oxygen atoms in total. The Bertz CT molecular complexity index is 498. The highest BCUT2D eigenvalue weighted by Gasteiger charge is 2.16. The number of hydrogen-bond acceptors (Lipinski definition) is 2. The molecule has 0 spiro atoms. The van der Waals surface area contributed by atoms with Crippen LogP contribution < -0.4 is 0 Å². The first-order valence-corrected chi connectivity index (χ1v) is 6.68. The lowest BCUT2D eigenvalue weighted by Crippen LogP contribution is -2.10. The molecule has 0 aliphatic heterocycles. The molecule has 0 saturated heterocycles. The number of nitrogens with zero attached hydrogens (tertiary/aromatic N) is 3. The number of hydrogen-bond donors (Lipinski definition) is 0. The van der Waals surface area contributed by atoms with Crippen molar-refractivity contribution >= 4 is 27.5 Å². The number of rotatable bonds is 4. The molecule has 1 unspecified atom stereocenters. The van der Waals surface area contributed by atoms with Crippen molar-refractivity contribution in [3.05, 3.63) is 46.5 Å². The molecule has 0 aliphatic rings. The van der Waals surface area contributed by atoms with Crippen molar-refractivity contribution in [3.8, 4) is 0 Å². The molecule has 2 rings (SSSR count). The third-order valence-electron chi connectivity index (χ3n) is 2.77. The molecule has 0 radical (unpaired) electrons. The lowest BCUT2D eigenvalue weighted by molar-refractivity contribution is 0.646. The van der Waals surface area contributed by atoms with E-state index in [1.807, 2.05) is 25.2 Å². The molecule has 0 amide bonds. The Morgan fingerprint density at radius 1 is 1.41 bits per heavy atom. The maximum absolute atomic E-state index is 6.07. The molecule has 0 saturated carbocycles. The maximum Gasteiger partial charge on any atom is 0.138 e. The van der Waals surface area contributed by atoms with Crippen LogP contribution in [0, 0.1) is 0 Å². The first kappa shape index (κ1) is 12.6. The van der Waals surface area contributed by atoms with Crippen LogP contribution >= 0.6 is 27.5 Å². The summed E-state index contributed by atoms with van der Waals surface area (Å²) in [5, 5.41) is 4.07. The molecule has 0 aliphatic carbocycles. The van der Waals surface area contributed by atoms with Crippen molar-refractivity contribution in [1.82, 2.24) is 14.8 Å². The SMILES string of the molecule is Cn1ncnc1CC(CCl)c1ccccc1Br. The molecular formula is C12H13BrClN3. The summed E-state index contributed by atoms with van der Waals surface area (Å²) < 4.78 is 2.88. The fourth-order valence-corrected chi connectivity index (χ4v) is 2.66.